The Morgan fingerprint density at radius 2 is 2.06 bits per heavy atom. The van der Waals surface area contributed by atoms with Gasteiger partial charge in [-0.05, 0) is 43.6 Å². The van der Waals surface area contributed by atoms with Gasteiger partial charge in [-0.25, -0.2) is 0 Å². The van der Waals surface area contributed by atoms with Gasteiger partial charge in [0.1, 0.15) is 5.78 Å². The summed E-state index contributed by atoms with van der Waals surface area (Å²) in [7, 11) is 0. The van der Waals surface area contributed by atoms with Gasteiger partial charge < -0.3 is 0 Å². The molecule has 0 spiro atoms. The highest BCUT2D eigenvalue weighted by atomic mass is 16.1. The number of Topliss-reactive ketones (excluding diaryl/α,β-unsaturated/α-hetero) is 2. The van der Waals surface area contributed by atoms with Gasteiger partial charge in [0, 0.05) is 18.8 Å². The molecule has 0 heterocycles. The van der Waals surface area contributed by atoms with E-state index in [4.69, 9.17) is 0 Å². The first-order valence-corrected chi connectivity index (χ1v) is 6.99. The van der Waals surface area contributed by atoms with Crippen LogP contribution in [0.2, 0.25) is 0 Å². The molecule has 2 aliphatic rings. The van der Waals surface area contributed by atoms with Crippen molar-refractivity contribution in [2.24, 2.45) is 11.8 Å². The quantitative estimate of drug-likeness (QED) is 0.698. The van der Waals surface area contributed by atoms with E-state index in [1.807, 2.05) is 0 Å². The van der Waals surface area contributed by atoms with E-state index in [0.717, 1.165) is 50.5 Å². The van der Waals surface area contributed by atoms with Crippen LogP contribution in [0.5, 0.6) is 0 Å². The smallest absolute Gasteiger partial charge is 0.158 e. The molecule has 2 nitrogen and oxygen atoms in total. The van der Waals surface area contributed by atoms with Gasteiger partial charge in [-0.2, -0.15) is 0 Å². The Bertz CT molecular complexity index is 341. The zero-order valence-electron chi connectivity index (χ0n) is 10.7. The maximum Gasteiger partial charge on any atom is 0.158 e. The fraction of sp³-hybridized carbons (Fsp3) is 0.733. The molecule has 0 radical (unpaired) electrons. The molecule has 0 aromatic carbocycles. The summed E-state index contributed by atoms with van der Waals surface area (Å²) in [5.74, 6) is 1.27. The Labute approximate surface area is 103 Å². The first-order chi connectivity index (χ1) is 8.22. The molecule has 2 atom stereocenters. The largest absolute Gasteiger partial charge is 0.299 e. The van der Waals surface area contributed by atoms with Crippen molar-refractivity contribution in [3.63, 3.8) is 0 Å². The molecule has 17 heavy (non-hydrogen) atoms. The highest BCUT2D eigenvalue weighted by molar-refractivity contribution is 5.97. The first kappa shape index (κ1) is 12.5. The van der Waals surface area contributed by atoms with Crippen LogP contribution in [0.1, 0.15) is 58.3 Å². The topological polar surface area (TPSA) is 34.1 Å². The van der Waals surface area contributed by atoms with E-state index in [1.54, 1.807) is 0 Å². The minimum atomic E-state index is 0.204. The maximum atomic E-state index is 11.8. The second-order valence-electron chi connectivity index (χ2n) is 5.39. The molecule has 0 saturated heterocycles. The molecular weight excluding hydrogens is 212 g/mol. The van der Waals surface area contributed by atoms with Gasteiger partial charge in [-0.3, -0.25) is 9.59 Å². The fourth-order valence-electron chi connectivity index (χ4n) is 3.20. The van der Waals surface area contributed by atoms with E-state index in [0.29, 0.717) is 23.9 Å². The van der Waals surface area contributed by atoms with E-state index < -0.39 is 0 Å². The molecule has 2 fully saturated rings. The number of rotatable bonds is 4. The lowest BCUT2D eigenvalue weighted by Crippen LogP contribution is -2.18. The minimum absolute atomic E-state index is 0.204. The summed E-state index contributed by atoms with van der Waals surface area (Å²) in [5, 5.41) is 0. The molecule has 0 aliphatic heterocycles. The van der Waals surface area contributed by atoms with E-state index in [2.05, 4.69) is 13.0 Å². The molecular formula is C15H22O2. The summed E-state index contributed by atoms with van der Waals surface area (Å²) >= 11 is 0. The first-order valence-electron chi connectivity index (χ1n) is 6.99. The van der Waals surface area contributed by atoms with Crippen LogP contribution in [0.25, 0.3) is 0 Å². The predicted octanol–water partition coefficient (Wildman–Crippen LogP) is 3.45. The van der Waals surface area contributed by atoms with Crippen molar-refractivity contribution in [2.45, 2.75) is 58.3 Å². The van der Waals surface area contributed by atoms with Crippen LogP contribution in [0.15, 0.2) is 11.6 Å². The lowest BCUT2D eigenvalue weighted by Gasteiger charge is -2.19. The maximum absolute atomic E-state index is 11.8. The standard InChI is InChI=1S/C15H22O2/c1-2-5-11(13-7-4-9-15(13)17)10-12-6-3-8-14(12)16/h10-11,13H,2-9H2,1H3/b12-10+. The van der Waals surface area contributed by atoms with E-state index in [1.165, 1.54) is 0 Å². The summed E-state index contributed by atoms with van der Waals surface area (Å²) in [6.07, 6.45) is 9.75. The molecule has 2 heteroatoms. The molecule has 0 aromatic rings. The molecule has 2 rings (SSSR count). The van der Waals surface area contributed by atoms with Crippen molar-refractivity contribution >= 4 is 11.6 Å². The molecule has 94 valence electrons. The number of allylic oxidation sites excluding steroid dienone is 2. The van der Waals surface area contributed by atoms with E-state index >= 15 is 0 Å². The fourth-order valence-corrected chi connectivity index (χ4v) is 3.20. The molecule has 0 N–H and O–H groups in total. The number of carbonyl (C=O) groups is 2. The third-order valence-corrected chi connectivity index (χ3v) is 4.11. The zero-order valence-corrected chi connectivity index (χ0v) is 10.7. The Kier molecular flexibility index (Phi) is 4.14. The summed E-state index contributed by atoms with van der Waals surface area (Å²) in [6.45, 7) is 2.15. The molecule has 0 aromatic heterocycles. The number of carbonyl (C=O) groups excluding carboxylic acids is 2. The van der Waals surface area contributed by atoms with Crippen LogP contribution in [0.3, 0.4) is 0 Å². The van der Waals surface area contributed by atoms with Crippen molar-refractivity contribution < 1.29 is 9.59 Å². The highest BCUT2D eigenvalue weighted by Crippen LogP contribution is 2.34. The monoisotopic (exact) mass is 234 g/mol. The third kappa shape index (κ3) is 2.85. The van der Waals surface area contributed by atoms with Gasteiger partial charge in [-0.15, -0.1) is 0 Å². The summed E-state index contributed by atoms with van der Waals surface area (Å²) < 4.78 is 0. The average molecular weight is 234 g/mol. The summed E-state index contributed by atoms with van der Waals surface area (Å²) in [6, 6.07) is 0. The van der Waals surface area contributed by atoms with Gasteiger partial charge in [0.25, 0.3) is 0 Å². The Morgan fingerprint density at radius 3 is 2.59 bits per heavy atom. The lowest BCUT2D eigenvalue weighted by atomic mass is 9.85. The Balaban J connectivity index is 2.11. The van der Waals surface area contributed by atoms with Crippen LogP contribution >= 0.6 is 0 Å². The highest BCUT2D eigenvalue weighted by Gasteiger charge is 2.31. The van der Waals surface area contributed by atoms with Crippen LogP contribution in [-0.2, 0) is 9.59 Å². The number of hydrogen-bond donors (Lipinski definition) is 0. The van der Waals surface area contributed by atoms with Gasteiger partial charge in [-0.1, -0.05) is 19.4 Å². The van der Waals surface area contributed by atoms with Gasteiger partial charge in [0.2, 0.25) is 0 Å². The third-order valence-electron chi connectivity index (χ3n) is 4.11. The molecule has 0 bridgehead atoms. The second-order valence-corrected chi connectivity index (χ2v) is 5.39. The number of ketones is 2. The average Bonchev–Trinajstić information content (AvgIpc) is 2.88. The van der Waals surface area contributed by atoms with E-state index in [9.17, 15) is 9.59 Å². The van der Waals surface area contributed by atoms with Crippen molar-refractivity contribution in [1.29, 1.82) is 0 Å². The summed E-state index contributed by atoms with van der Waals surface area (Å²) in [4.78, 5) is 23.5. The summed E-state index contributed by atoms with van der Waals surface area (Å²) in [5.41, 5.74) is 1.00. The molecule has 2 saturated carbocycles. The molecule has 2 aliphatic carbocycles. The van der Waals surface area contributed by atoms with Crippen LogP contribution in [0.4, 0.5) is 0 Å². The van der Waals surface area contributed by atoms with Crippen molar-refractivity contribution in [1.82, 2.24) is 0 Å². The molecule has 0 amide bonds. The van der Waals surface area contributed by atoms with E-state index in [-0.39, 0.29) is 5.92 Å². The van der Waals surface area contributed by atoms with Crippen molar-refractivity contribution in [2.75, 3.05) is 0 Å². The zero-order chi connectivity index (χ0) is 12.3. The van der Waals surface area contributed by atoms with Crippen LogP contribution in [-0.4, -0.2) is 11.6 Å². The van der Waals surface area contributed by atoms with Gasteiger partial charge in [0.15, 0.2) is 5.78 Å². The Morgan fingerprint density at radius 1 is 1.24 bits per heavy atom. The van der Waals surface area contributed by atoms with Crippen LogP contribution < -0.4 is 0 Å². The van der Waals surface area contributed by atoms with Crippen molar-refractivity contribution in [3.05, 3.63) is 11.6 Å². The predicted molar refractivity (Wildman–Crippen MR) is 67.7 cm³/mol. The van der Waals surface area contributed by atoms with Gasteiger partial charge in [0.05, 0.1) is 0 Å². The van der Waals surface area contributed by atoms with Crippen LogP contribution in [0, 0.1) is 11.8 Å². The normalized spacial score (nSPS) is 29.2. The lowest BCUT2D eigenvalue weighted by molar-refractivity contribution is -0.121. The van der Waals surface area contributed by atoms with Crippen molar-refractivity contribution in [3.8, 4) is 0 Å². The number of hydrogen-bond acceptors (Lipinski definition) is 2. The Hall–Kier alpha value is -0.920. The second kappa shape index (κ2) is 5.61. The molecule has 2 unspecified atom stereocenters. The SMILES string of the molecule is CCCC(/C=C1\CCCC1=O)C1CCCC1=O. The minimum Gasteiger partial charge on any atom is -0.299 e. The van der Waals surface area contributed by atoms with Gasteiger partial charge >= 0.3 is 0 Å².